The van der Waals surface area contributed by atoms with Gasteiger partial charge in [0.05, 0.1) is 11.6 Å². The van der Waals surface area contributed by atoms with Crippen molar-refractivity contribution in [2.75, 3.05) is 18.0 Å². The molecule has 0 spiro atoms. The van der Waals surface area contributed by atoms with E-state index in [0.29, 0.717) is 24.6 Å². The van der Waals surface area contributed by atoms with E-state index in [9.17, 15) is 14.0 Å². The highest BCUT2D eigenvalue weighted by Crippen LogP contribution is 2.22. The maximum absolute atomic E-state index is 13.6. The predicted molar refractivity (Wildman–Crippen MR) is 121 cm³/mol. The summed E-state index contributed by atoms with van der Waals surface area (Å²) in [4.78, 5) is 27.0. The lowest BCUT2D eigenvalue weighted by Crippen LogP contribution is -2.43. The van der Waals surface area contributed by atoms with Crippen molar-refractivity contribution < 1.29 is 9.18 Å². The lowest BCUT2D eigenvalue weighted by Gasteiger charge is -2.33. The lowest BCUT2D eigenvalue weighted by atomic mass is 9.97. The Morgan fingerprint density at radius 2 is 2.00 bits per heavy atom. The van der Waals surface area contributed by atoms with Crippen molar-refractivity contribution in [3.63, 3.8) is 0 Å². The van der Waals surface area contributed by atoms with Crippen LogP contribution in [0.4, 0.5) is 10.2 Å². The number of rotatable bonds is 5. The second-order valence-corrected chi connectivity index (χ2v) is 8.47. The van der Waals surface area contributed by atoms with E-state index in [1.165, 1.54) is 28.9 Å². The number of carbonyl (C=O) groups excluding carboxylic acids is 1. The maximum atomic E-state index is 13.6. The number of benzene rings is 2. The summed E-state index contributed by atoms with van der Waals surface area (Å²) in [6.07, 6.45) is 1.64. The monoisotopic (exact) mass is 484 g/mol. The first-order chi connectivity index (χ1) is 15.0. The largest absolute Gasteiger partial charge is 0.354 e. The van der Waals surface area contributed by atoms with Crippen LogP contribution in [0.15, 0.2) is 69.9 Å². The number of amides is 1. The fraction of sp³-hybridized carbons (Fsp3) is 0.261. The molecule has 0 radical (unpaired) electrons. The summed E-state index contributed by atoms with van der Waals surface area (Å²) in [5.41, 5.74) is 1.06. The number of aromatic nitrogens is 2. The number of hydrogen-bond acceptors (Lipinski definition) is 4. The molecule has 1 aliphatic rings. The molecule has 0 saturated carbocycles. The minimum absolute atomic E-state index is 0.00290. The minimum Gasteiger partial charge on any atom is -0.354 e. The van der Waals surface area contributed by atoms with E-state index in [2.05, 4.69) is 26.3 Å². The molecular formula is C23H22BrFN4O2. The van der Waals surface area contributed by atoms with Crippen LogP contribution in [0, 0.1) is 11.7 Å². The summed E-state index contributed by atoms with van der Waals surface area (Å²) in [7, 11) is 0. The summed E-state index contributed by atoms with van der Waals surface area (Å²) < 4.78 is 15.8. The van der Waals surface area contributed by atoms with Crippen molar-refractivity contribution in [3.8, 4) is 5.69 Å². The van der Waals surface area contributed by atoms with Gasteiger partial charge in [-0.15, -0.1) is 5.10 Å². The molecule has 3 aromatic rings. The normalized spacial score (nSPS) is 16.2. The molecule has 2 heterocycles. The average Bonchev–Trinajstić information content (AvgIpc) is 2.78. The van der Waals surface area contributed by atoms with Gasteiger partial charge in [0.1, 0.15) is 11.6 Å². The van der Waals surface area contributed by atoms with Crippen LogP contribution in [-0.4, -0.2) is 28.8 Å². The quantitative estimate of drug-likeness (QED) is 0.599. The molecule has 1 saturated heterocycles. The molecule has 160 valence electrons. The summed E-state index contributed by atoms with van der Waals surface area (Å²) in [6.45, 7) is 1.72. The Labute approximate surface area is 187 Å². The average molecular weight is 485 g/mol. The van der Waals surface area contributed by atoms with Gasteiger partial charge in [0.25, 0.3) is 5.56 Å². The van der Waals surface area contributed by atoms with Gasteiger partial charge in [0.2, 0.25) is 5.91 Å². The van der Waals surface area contributed by atoms with Gasteiger partial charge in [-0.2, -0.15) is 4.68 Å². The molecule has 0 unspecified atom stereocenters. The van der Waals surface area contributed by atoms with Crippen LogP contribution < -0.4 is 15.8 Å². The number of piperidine rings is 1. The Kier molecular flexibility index (Phi) is 6.46. The molecule has 2 aromatic carbocycles. The number of hydrogen-bond donors (Lipinski definition) is 1. The molecule has 1 fully saturated rings. The van der Waals surface area contributed by atoms with E-state index in [1.54, 1.807) is 12.1 Å². The van der Waals surface area contributed by atoms with Crippen LogP contribution in [0.3, 0.4) is 0 Å². The van der Waals surface area contributed by atoms with E-state index in [0.717, 1.165) is 29.4 Å². The Morgan fingerprint density at radius 3 is 2.81 bits per heavy atom. The van der Waals surface area contributed by atoms with Crippen molar-refractivity contribution in [1.82, 2.24) is 15.1 Å². The van der Waals surface area contributed by atoms with Gasteiger partial charge in [0.15, 0.2) is 0 Å². The van der Waals surface area contributed by atoms with Crippen molar-refractivity contribution >= 4 is 27.7 Å². The fourth-order valence-electron chi connectivity index (χ4n) is 3.74. The third-order valence-electron chi connectivity index (χ3n) is 5.31. The number of carbonyl (C=O) groups is 1. The maximum Gasteiger partial charge on any atom is 0.271 e. The van der Waals surface area contributed by atoms with Gasteiger partial charge >= 0.3 is 0 Å². The topological polar surface area (TPSA) is 67.2 Å². The Hall–Kier alpha value is -3.00. The van der Waals surface area contributed by atoms with Gasteiger partial charge in [0, 0.05) is 30.2 Å². The number of halogens is 2. The van der Waals surface area contributed by atoms with Crippen molar-refractivity contribution in [1.29, 1.82) is 0 Å². The van der Waals surface area contributed by atoms with E-state index >= 15 is 0 Å². The highest BCUT2D eigenvalue weighted by molar-refractivity contribution is 9.10. The highest BCUT2D eigenvalue weighted by atomic mass is 79.9. The molecule has 6 nitrogen and oxygen atoms in total. The van der Waals surface area contributed by atoms with E-state index in [4.69, 9.17) is 0 Å². The molecule has 1 amide bonds. The van der Waals surface area contributed by atoms with Crippen molar-refractivity contribution in [3.05, 3.63) is 86.9 Å². The summed E-state index contributed by atoms with van der Waals surface area (Å²) in [5, 5.41) is 7.45. The molecule has 1 aromatic heterocycles. The SMILES string of the molecule is O=C(NCc1cccc(Br)c1)[C@H]1CCCN(c2ccc(=O)n(-c3cccc(F)c3)n2)C1. The first kappa shape index (κ1) is 21.2. The Bertz CT molecular complexity index is 1150. The van der Waals surface area contributed by atoms with Gasteiger partial charge in [-0.3, -0.25) is 9.59 Å². The molecule has 0 bridgehead atoms. The predicted octanol–water partition coefficient (Wildman–Crippen LogP) is 3.67. The molecule has 8 heteroatoms. The van der Waals surface area contributed by atoms with Crippen molar-refractivity contribution in [2.45, 2.75) is 19.4 Å². The van der Waals surface area contributed by atoms with Gasteiger partial charge in [-0.25, -0.2) is 4.39 Å². The second kappa shape index (κ2) is 9.43. The van der Waals surface area contributed by atoms with Gasteiger partial charge < -0.3 is 10.2 Å². The van der Waals surface area contributed by atoms with Crippen LogP contribution in [0.25, 0.3) is 5.69 Å². The molecule has 4 rings (SSSR count). The van der Waals surface area contributed by atoms with E-state index < -0.39 is 5.82 Å². The van der Waals surface area contributed by atoms with Crippen molar-refractivity contribution in [2.24, 2.45) is 5.92 Å². The summed E-state index contributed by atoms with van der Waals surface area (Å²) in [5.74, 6) is -0.00881. The van der Waals surface area contributed by atoms with Crippen LogP contribution in [0.1, 0.15) is 18.4 Å². The lowest BCUT2D eigenvalue weighted by molar-refractivity contribution is -0.125. The molecule has 31 heavy (non-hydrogen) atoms. The zero-order chi connectivity index (χ0) is 21.8. The van der Waals surface area contributed by atoms with E-state index in [-0.39, 0.29) is 17.4 Å². The number of nitrogens with one attached hydrogen (secondary N) is 1. The van der Waals surface area contributed by atoms with Crippen LogP contribution >= 0.6 is 15.9 Å². The third-order valence-corrected chi connectivity index (χ3v) is 5.80. The Morgan fingerprint density at radius 1 is 1.16 bits per heavy atom. The molecule has 1 aliphatic heterocycles. The molecular weight excluding hydrogens is 463 g/mol. The minimum atomic E-state index is -0.434. The standard InChI is InChI=1S/C23H22BrFN4O2/c24-18-6-1-4-16(12-18)14-26-23(31)17-5-3-11-28(15-17)21-9-10-22(30)29(27-21)20-8-2-7-19(25)13-20/h1-2,4,6-10,12-13,17H,3,5,11,14-15H2,(H,26,31)/t17-/m0/s1. The first-order valence-electron chi connectivity index (χ1n) is 10.1. The zero-order valence-electron chi connectivity index (χ0n) is 16.8. The summed E-state index contributed by atoms with van der Waals surface area (Å²) >= 11 is 3.44. The van der Waals surface area contributed by atoms with Gasteiger partial charge in [-0.05, 0) is 54.8 Å². The van der Waals surface area contributed by atoms with E-state index in [1.807, 2.05) is 29.2 Å². The second-order valence-electron chi connectivity index (χ2n) is 7.55. The molecule has 0 aliphatic carbocycles. The number of anilines is 1. The first-order valence-corrected chi connectivity index (χ1v) is 10.9. The van der Waals surface area contributed by atoms with Crippen LogP contribution in [0.5, 0.6) is 0 Å². The smallest absolute Gasteiger partial charge is 0.271 e. The molecule has 1 N–H and O–H groups in total. The highest BCUT2D eigenvalue weighted by Gasteiger charge is 2.26. The van der Waals surface area contributed by atoms with Gasteiger partial charge in [-0.1, -0.05) is 34.1 Å². The summed E-state index contributed by atoms with van der Waals surface area (Å²) in [6, 6.07) is 16.7. The zero-order valence-corrected chi connectivity index (χ0v) is 18.4. The third kappa shape index (κ3) is 5.19. The van der Waals surface area contributed by atoms with Crippen LogP contribution in [0.2, 0.25) is 0 Å². The number of nitrogens with zero attached hydrogens (tertiary/aromatic N) is 3. The fourth-order valence-corrected chi connectivity index (χ4v) is 4.19. The Balaban J connectivity index is 1.46. The molecule has 1 atom stereocenters. The van der Waals surface area contributed by atoms with Crippen LogP contribution in [-0.2, 0) is 11.3 Å².